The van der Waals surface area contributed by atoms with Gasteiger partial charge in [0.15, 0.2) is 0 Å². The highest BCUT2D eigenvalue weighted by atomic mass is 32.2. The first kappa shape index (κ1) is 18.7. The van der Waals surface area contributed by atoms with E-state index in [0.717, 1.165) is 5.56 Å². The number of ether oxygens (including phenoxy) is 1. The van der Waals surface area contributed by atoms with Gasteiger partial charge in [0.05, 0.1) is 18.7 Å². The Hall–Kier alpha value is -1.64. The molecule has 1 amide bonds. The van der Waals surface area contributed by atoms with Crippen LogP contribution in [0.3, 0.4) is 0 Å². The number of anilines is 1. The van der Waals surface area contributed by atoms with E-state index in [4.69, 9.17) is 4.74 Å². The van der Waals surface area contributed by atoms with Gasteiger partial charge in [-0.2, -0.15) is 17.0 Å². The summed E-state index contributed by atoms with van der Waals surface area (Å²) < 4.78 is 32.3. The summed E-state index contributed by atoms with van der Waals surface area (Å²) in [7, 11) is 1.04. The maximum absolute atomic E-state index is 12.6. The quantitative estimate of drug-likeness (QED) is 0.867. The van der Waals surface area contributed by atoms with E-state index >= 15 is 0 Å². The van der Waals surface area contributed by atoms with E-state index < -0.39 is 10.2 Å². The fourth-order valence-corrected chi connectivity index (χ4v) is 3.94. The van der Waals surface area contributed by atoms with E-state index in [1.165, 1.54) is 22.7 Å². The Morgan fingerprint density at radius 3 is 2.71 bits per heavy atom. The first-order chi connectivity index (χ1) is 11.3. The summed E-state index contributed by atoms with van der Waals surface area (Å²) in [4.78, 5) is 12.6. The Bertz CT molecular complexity index is 703. The van der Waals surface area contributed by atoms with E-state index in [0.29, 0.717) is 30.8 Å². The number of hydrogen-bond donors (Lipinski definition) is 1. The Morgan fingerprint density at radius 1 is 1.38 bits per heavy atom. The molecule has 1 aromatic rings. The number of nitrogens with one attached hydrogen (secondary N) is 1. The molecule has 0 spiro atoms. The number of amides is 1. The summed E-state index contributed by atoms with van der Waals surface area (Å²) in [5.74, 6) is 0.0266. The van der Waals surface area contributed by atoms with Crippen LogP contribution in [0.2, 0.25) is 0 Å². The van der Waals surface area contributed by atoms with Crippen LogP contribution >= 0.6 is 0 Å². The summed E-state index contributed by atoms with van der Waals surface area (Å²) in [5, 5.41) is 2.87. The van der Waals surface area contributed by atoms with E-state index in [1.54, 1.807) is 13.2 Å². The molecular weight excluding hydrogens is 330 g/mol. The monoisotopic (exact) mass is 355 g/mol. The fraction of sp³-hybridized carbons (Fsp3) is 0.562. The van der Waals surface area contributed by atoms with Crippen molar-refractivity contribution in [3.8, 4) is 5.75 Å². The molecule has 134 valence electrons. The molecule has 2 rings (SSSR count). The number of rotatable bonds is 5. The summed E-state index contributed by atoms with van der Waals surface area (Å²) in [5.41, 5.74) is 1.61. The normalized spacial score (nSPS) is 19.3. The second-order valence-corrected chi connectivity index (χ2v) is 8.32. The summed E-state index contributed by atoms with van der Waals surface area (Å²) >= 11 is 0. The van der Waals surface area contributed by atoms with Crippen molar-refractivity contribution in [3.63, 3.8) is 0 Å². The molecule has 1 saturated heterocycles. The third kappa shape index (κ3) is 4.06. The molecule has 7 nitrogen and oxygen atoms in total. The lowest BCUT2D eigenvalue weighted by Gasteiger charge is -2.32. The molecule has 0 bridgehead atoms. The lowest BCUT2D eigenvalue weighted by Crippen LogP contribution is -2.47. The molecular formula is C16H25N3O4S. The van der Waals surface area contributed by atoms with E-state index in [9.17, 15) is 13.2 Å². The molecule has 24 heavy (non-hydrogen) atoms. The highest BCUT2D eigenvalue weighted by molar-refractivity contribution is 7.86. The highest BCUT2D eigenvalue weighted by Crippen LogP contribution is 2.27. The van der Waals surface area contributed by atoms with Crippen molar-refractivity contribution in [2.24, 2.45) is 5.92 Å². The van der Waals surface area contributed by atoms with Crippen molar-refractivity contribution in [1.29, 1.82) is 0 Å². The number of methoxy groups -OCH3 is 1. The van der Waals surface area contributed by atoms with Crippen molar-refractivity contribution >= 4 is 21.8 Å². The van der Waals surface area contributed by atoms with Gasteiger partial charge in [-0.05, 0) is 37.5 Å². The zero-order valence-electron chi connectivity index (χ0n) is 14.6. The molecule has 0 aromatic heterocycles. The van der Waals surface area contributed by atoms with Crippen LogP contribution in [-0.4, -0.2) is 57.2 Å². The van der Waals surface area contributed by atoms with Crippen LogP contribution in [0.25, 0.3) is 0 Å². The van der Waals surface area contributed by atoms with Gasteiger partial charge in [-0.25, -0.2) is 0 Å². The summed E-state index contributed by atoms with van der Waals surface area (Å²) in [6.07, 6.45) is 1.33. The fourth-order valence-electron chi connectivity index (χ4n) is 2.75. The van der Waals surface area contributed by atoms with Gasteiger partial charge < -0.3 is 10.1 Å². The minimum atomic E-state index is -3.50. The maximum atomic E-state index is 12.6. The number of carbonyl (C=O) groups is 1. The average Bonchev–Trinajstić information content (AvgIpc) is 2.55. The number of aryl methyl sites for hydroxylation is 1. The van der Waals surface area contributed by atoms with Gasteiger partial charge in [-0.15, -0.1) is 0 Å². The van der Waals surface area contributed by atoms with E-state index in [-0.39, 0.29) is 18.4 Å². The molecule has 0 aliphatic carbocycles. The van der Waals surface area contributed by atoms with Gasteiger partial charge in [0.25, 0.3) is 10.2 Å². The SMILES string of the molecule is COc1ccc(C)cc1NC(=O)[C@@H]1CCCN(S(=O)(=O)N(C)C)C1. The molecule has 0 radical (unpaired) electrons. The van der Waals surface area contributed by atoms with Gasteiger partial charge in [-0.1, -0.05) is 6.07 Å². The zero-order chi connectivity index (χ0) is 17.9. The number of benzene rings is 1. The summed E-state index contributed by atoms with van der Waals surface area (Å²) in [6, 6.07) is 5.54. The largest absolute Gasteiger partial charge is 0.495 e. The predicted octanol–water partition coefficient (Wildman–Crippen LogP) is 1.46. The van der Waals surface area contributed by atoms with Crippen LogP contribution in [0.1, 0.15) is 18.4 Å². The molecule has 0 saturated carbocycles. The molecule has 1 aliphatic heterocycles. The lowest BCUT2D eigenvalue weighted by atomic mass is 9.98. The van der Waals surface area contributed by atoms with Crippen molar-refractivity contribution in [2.75, 3.05) is 39.6 Å². The molecule has 8 heteroatoms. The van der Waals surface area contributed by atoms with Gasteiger partial charge >= 0.3 is 0 Å². The van der Waals surface area contributed by atoms with E-state index in [1.807, 2.05) is 19.1 Å². The topological polar surface area (TPSA) is 79.0 Å². The number of carbonyl (C=O) groups excluding carboxylic acids is 1. The first-order valence-electron chi connectivity index (χ1n) is 7.89. The lowest BCUT2D eigenvalue weighted by molar-refractivity contribution is -0.120. The minimum Gasteiger partial charge on any atom is -0.495 e. The van der Waals surface area contributed by atoms with Crippen molar-refractivity contribution in [1.82, 2.24) is 8.61 Å². The first-order valence-corrected chi connectivity index (χ1v) is 9.28. The Kier molecular flexibility index (Phi) is 5.84. The zero-order valence-corrected chi connectivity index (χ0v) is 15.4. The Balaban J connectivity index is 2.12. The molecule has 0 unspecified atom stereocenters. The second kappa shape index (κ2) is 7.50. The third-order valence-electron chi connectivity index (χ3n) is 4.16. The van der Waals surface area contributed by atoms with Gasteiger partial charge in [0, 0.05) is 27.2 Å². The smallest absolute Gasteiger partial charge is 0.281 e. The van der Waals surface area contributed by atoms with E-state index in [2.05, 4.69) is 5.32 Å². The molecule has 1 aromatic carbocycles. The standard InChI is InChI=1S/C16H25N3O4S/c1-12-7-8-15(23-4)14(10-12)17-16(20)13-6-5-9-19(11-13)24(21,22)18(2)3/h7-8,10,13H,5-6,9,11H2,1-4H3,(H,17,20)/t13-/m1/s1. The van der Waals surface area contributed by atoms with Gasteiger partial charge in [0.2, 0.25) is 5.91 Å². The molecule has 1 atom stereocenters. The van der Waals surface area contributed by atoms with Crippen LogP contribution in [0.4, 0.5) is 5.69 Å². The minimum absolute atomic E-state index is 0.183. The average molecular weight is 355 g/mol. The van der Waals surface area contributed by atoms with Crippen LogP contribution < -0.4 is 10.1 Å². The van der Waals surface area contributed by atoms with Crippen LogP contribution in [0.5, 0.6) is 5.75 Å². The Morgan fingerprint density at radius 2 is 2.08 bits per heavy atom. The van der Waals surface area contributed by atoms with Crippen LogP contribution in [0, 0.1) is 12.8 Å². The van der Waals surface area contributed by atoms with Gasteiger partial charge in [-0.3, -0.25) is 4.79 Å². The second-order valence-electron chi connectivity index (χ2n) is 6.18. The summed E-state index contributed by atoms with van der Waals surface area (Å²) in [6.45, 7) is 2.57. The Labute approximate surface area is 143 Å². The molecule has 1 aliphatic rings. The van der Waals surface area contributed by atoms with Crippen molar-refractivity contribution in [2.45, 2.75) is 19.8 Å². The third-order valence-corrected chi connectivity index (χ3v) is 6.06. The predicted molar refractivity (Wildman–Crippen MR) is 93.3 cm³/mol. The number of nitrogens with zero attached hydrogens (tertiary/aromatic N) is 2. The molecule has 1 fully saturated rings. The van der Waals surface area contributed by atoms with Crippen LogP contribution in [0.15, 0.2) is 18.2 Å². The highest BCUT2D eigenvalue weighted by Gasteiger charge is 2.33. The van der Waals surface area contributed by atoms with Crippen LogP contribution in [-0.2, 0) is 15.0 Å². The maximum Gasteiger partial charge on any atom is 0.281 e. The number of hydrogen-bond acceptors (Lipinski definition) is 4. The molecule has 1 N–H and O–H groups in total. The van der Waals surface area contributed by atoms with Crippen molar-refractivity contribution in [3.05, 3.63) is 23.8 Å². The van der Waals surface area contributed by atoms with Crippen molar-refractivity contribution < 1.29 is 17.9 Å². The molecule has 1 heterocycles. The number of piperidine rings is 1. The van der Waals surface area contributed by atoms with Gasteiger partial charge in [0.1, 0.15) is 5.75 Å².